The summed E-state index contributed by atoms with van der Waals surface area (Å²) in [5, 5.41) is 6.96. The predicted octanol–water partition coefficient (Wildman–Crippen LogP) is 7.36. The van der Waals surface area contributed by atoms with E-state index in [1.807, 2.05) is 30.3 Å². The number of benzene rings is 4. The average molecular weight is 573 g/mol. The number of halogens is 3. The summed E-state index contributed by atoms with van der Waals surface area (Å²) in [6.07, 6.45) is 1.57. The Kier molecular flexibility index (Phi) is 7.25. The maximum absolute atomic E-state index is 12.1. The molecule has 0 radical (unpaired) electrons. The lowest BCUT2D eigenvalue weighted by Crippen LogP contribution is -2.17. The van der Waals surface area contributed by atoms with Gasteiger partial charge < -0.3 is 4.74 Å². The van der Waals surface area contributed by atoms with Crippen molar-refractivity contribution in [3.05, 3.63) is 110 Å². The first-order valence-corrected chi connectivity index (χ1v) is 11.6. The smallest absolute Gasteiger partial charge is 0.271 e. The van der Waals surface area contributed by atoms with E-state index in [1.165, 1.54) is 10.8 Å². The van der Waals surface area contributed by atoms with Gasteiger partial charge in [-0.2, -0.15) is 5.10 Å². The fourth-order valence-corrected chi connectivity index (χ4v) is 4.77. The molecule has 4 aromatic carbocycles. The highest BCUT2D eigenvalue weighted by Gasteiger charge is 2.10. The molecule has 4 aromatic rings. The maximum Gasteiger partial charge on any atom is 0.271 e. The molecule has 4 nitrogen and oxygen atoms in total. The van der Waals surface area contributed by atoms with Crippen molar-refractivity contribution in [1.29, 1.82) is 0 Å². The molecule has 0 heterocycles. The Morgan fingerprint density at radius 1 is 0.969 bits per heavy atom. The summed E-state index contributed by atoms with van der Waals surface area (Å²) < 4.78 is 7.66. The monoisotopic (exact) mass is 570 g/mol. The van der Waals surface area contributed by atoms with Gasteiger partial charge in [-0.25, -0.2) is 5.43 Å². The van der Waals surface area contributed by atoms with Crippen LogP contribution in [0.4, 0.5) is 0 Å². The van der Waals surface area contributed by atoms with E-state index < -0.39 is 0 Å². The lowest BCUT2D eigenvalue weighted by molar-refractivity contribution is 0.0955. The number of rotatable bonds is 6. The number of nitrogens with zero attached hydrogens (tertiary/aromatic N) is 1. The first-order chi connectivity index (χ1) is 15.5. The predicted molar refractivity (Wildman–Crippen MR) is 137 cm³/mol. The number of ether oxygens (including phenoxy) is 1. The van der Waals surface area contributed by atoms with Crippen LogP contribution in [0.15, 0.2) is 92.9 Å². The van der Waals surface area contributed by atoms with Crippen molar-refractivity contribution in [2.75, 3.05) is 0 Å². The van der Waals surface area contributed by atoms with Crippen LogP contribution < -0.4 is 10.2 Å². The summed E-state index contributed by atoms with van der Waals surface area (Å²) in [6, 6.07) is 24.8. The molecule has 0 aromatic heterocycles. The van der Waals surface area contributed by atoms with Crippen LogP contribution in [0.3, 0.4) is 0 Å². The molecule has 0 saturated heterocycles. The van der Waals surface area contributed by atoms with Gasteiger partial charge in [-0.1, -0.05) is 54.1 Å². The van der Waals surface area contributed by atoms with Crippen molar-refractivity contribution in [1.82, 2.24) is 5.43 Å². The van der Waals surface area contributed by atoms with Crippen LogP contribution in [0.5, 0.6) is 5.75 Å². The molecule has 0 saturated carbocycles. The van der Waals surface area contributed by atoms with Crippen LogP contribution in [0.25, 0.3) is 10.8 Å². The first-order valence-electron chi connectivity index (χ1n) is 9.69. The number of fused-ring (bicyclic) bond motifs is 1. The number of carbonyl (C=O) groups is 1. The van der Waals surface area contributed by atoms with E-state index in [0.29, 0.717) is 22.9 Å². The number of hydrazone groups is 1. The molecule has 7 heteroatoms. The highest BCUT2D eigenvalue weighted by molar-refractivity contribution is 9.11. The van der Waals surface area contributed by atoms with Gasteiger partial charge in [-0.15, -0.1) is 0 Å². The summed E-state index contributed by atoms with van der Waals surface area (Å²) in [4.78, 5) is 12.1. The van der Waals surface area contributed by atoms with E-state index in [2.05, 4.69) is 66.7 Å². The second kappa shape index (κ2) is 10.3. The Morgan fingerprint density at radius 3 is 2.41 bits per heavy atom. The highest BCUT2D eigenvalue weighted by atomic mass is 79.9. The van der Waals surface area contributed by atoms with Gasteiger partial charge in [0.1, 0.15) is 12.4 Å². The molecule has 32 heavy (non-hydrogen) atoms. The van der Waals surface area contributed by atoms with Gasteiger partial charge in [-0.05, 0) is 90.2 Å². The summed E-state index contributed by atoms with van der Waals surface area (Å²) in [5.41, 5.74) is 4.89. The lowest BCUT2D eigenvalue weighted by atomic mass is 10.1. The van der Waals surface area contributed by atoms with E-state index in [-0.39, 0.29) is 5.91 Å². The molecule has 0 atom stereocenters. The largest absolute Gasteiger partial charge is 0.487 e. The van der Waals surface area contributed by atoms with Crippen molar-refractivity contribution >= 4 is 66.4 Å². The topological polar surface area (TPSA) is 50.7 Å². The molecule has 160 valence electrons. The molecule has 0 fully saturated rings. The van der Waals surface area contributed by atoms with Gasteiger partial charge in [0.05, 0.1) is 15.2 Å². The van der Waals surface area contributed by atoms with E-state index in [0.717, 1.165) is 20.1 Å². The number of carbonyl (C=O) groups excluding carboxylic acids is 1. The van der Waals surface area contributed by atoms with E-state index in [9.17, 15) is 4.79 Å². The Hall–Kier alpha value is -2.67. The van der Waals surface area contributed by atoms with Crippen LogP contribution in [-0.4, -0.2) is 12.1 Å². The zero-order chi connectivity index (χ0) is 22.5. The number of hydrogen-bond acceptors (Lipinski definition) is 3. The van der Waals surface area contributed by atoms with Crippen molar-refractivity contribution < 1.29 is 9.53 Å². The molecular formula is C25H17Br2ClN2O2. The Morgan fingerprint density at radius 2 is 1.66 bits per heavy atom. The zero-order valence-corrected chi connectivity index (χ0v) is 20.6. The fraction of sp³-hybridized carbons (Fsp3) is 0.0400. The number of hydrogen-bond donors (Lipinski definition) is 1. The molecule has 0 aliphatic carbocycles. The normalized spacial score (nSPS) is 11.1. The van der Waals surface area contributed by atoms with Crippen LogP contribution in [-0.2, 0) is 6.61 Å². The lowest BCUT2D eigenvalue weighted by Gasteiger charge is -2.13. The van der Waals surface area contributed by atoms with Gasteiger partial charge in [0.15, 0.2) is 0 Å². The van der Waals surface area contributed by atoms with Crippen LogP contribution in [0.2, 0.25) is 5.02 Å². The highest BCUT2D eigenvalue weighted by Crippen LogP contribution is 2.35. The molecule has 0 spiro atoms. The SMILES string of the molecule is O=C(N/N=C\c1cc(Br)c(OCc2cccc3ccccc23)c(Br)c1)c1ccc(Cl)cc1. The van der Waals surface area contributed by atoms with Gasteiger partial charge in [0.2, 0.25) is 0 Å². The van der Waals surface area contributed by atoms with Gasteiger partial charge >= 0.3 is 0 Å². The second-order valence-electron chi connectivity index (χ2n) is 6.95. The first kappa shape index (κ1) is 22.5. The summed E-state index contributed by atoms with van der Waals surface area (Å²) in [6.45, 7) is 0.434. The van der Waals surface area contributed by atoms with Crippen molar-refractivity contribution in [2.45, 2.75) is 6.61 Å². The molecule has 0 bridgehead atoms. The average Bonchev–Trinajstić information content (AvgIpc) is 2.79. The molecule has 0 aliphatic rings. The quantitative estimate of drug-likeness (QED) is 0.194. The molecule has 1 amide bonds. The van der Waals surface area contributed by atoms with Crippen LogP contribution in [0.1, 0.15) is 21.5 Å². The van der Waals surface area contributed by atoms with Crippen molar-refractivity contribution in [2.24, 2.45) is 5.10 Å². The maximum atomic E-state index is 12.1. The molecule has 4 rings (SSSR count). The third kappa shape index (κ3) is 5.38. The summed E-state index contributed by atoms with van der Waals surface area (Å²) in [5.74, 6) is 0.381. The Bertz CT molecular complexity index is 1280. The molecule has 0 unspecified atom stereocenters. The number of nitrogens with one attached hydrogen (secondary N) is 1. The molecule has 0 aliphatic heterocycles. The van der Waals surface area contributed by atoms with Crippen LogP contribution in [0, 0.1) is 0 Å². The van der Waals surface area contributed by atoms with Crippen molar-refractivity contribution in [3.63, 3.8) is 0 Å². The minimum absolute atomic E-state index is 0.314. The summed E-state index contributed by atoms with van der Waals surface area (Å²) in [7, 11) is 0. The van der Waals surface area contributed by atoms with E-state index >= 15 is 0 Å². The van der Waals surface area contributed by atoms with Gasteiger partial charge in [0, 0.05) is 10.6 Å². The van der Waals surface area contributed by atoms with E-state index in [1.54, 1.807) is 30.5 Å². The van der Waals surface area contributed by atoms with Crippen LogP contribution >= 0.6 is 43.5 Å². The van der Waals surface area contributed by atoms with E-state index in [4.69, 9.17) is 16.3 Å². The Balaban J connectivity index is 1.44. The summed E-state index contributed by atoms with van der Waals surface area (Å²) >= 11 is 13.0. The van der Waals surface area contributed by atoms with Gasteiger partial charge in [0.25, 0.3) is 5.91 Å². The third-order valence-corrected chi connectivity index (χ3v) is 6.19. The minimum Gasteiger partial charge on any atom is -0.487 e. The Labute approximate surface area is 207 Å². The number of amides is 1. The third-order valence-electron chi connectivity index (χ3n) is 4.76. The van der Waals surface area contributed by atoms with Gasteiger partial charge in [-0.3, -0.25) is 4.79 Å². The standard InChI is InChI=1S/C25H17Br2ClN2O2/c26-22-12-16(14-29-30-25(31)18-8-10-20(28)11-9-18)13-23(27)24(22)32-15-19-6-3-5-17-4-1-2-7-21(17)19/h1-14H,15H2,(H,30,31)/b29-14-. The minimum atomic E-state index is -0.314. The van der Waals surface area contributed by atoms with Crippen molar-refractivity contribution in [3.8, 4) is 5.75 Å². The fourth-order valence-electron chi connectivity index (χ4n) is 3.19. The molecule has 1 N–H and O–H groups in total. The molecular weight excluding hydrogens is 556 g/mol. The second-order valence-corrected chi connectivity index (χ2v) is 9.09. The zero-order valence-electron chi connectivity index (χ0n) is 16.7.